The third kappa shape index (κ3) is 2.47. The van der Waals surface area contributed by atoms with E-state index in [0.29, 0.717) is 5.92 Å². The number of benzene rings is 1. The van der Waals surface area contributed by atoms with Gasteiger partial charge in [0, 0.05) is 24.3 Å². The van der Waals surface area contributed by atoms with Crippen LogP contribution in [0.1, 0.15) is 44.2 Å². The van der Waals surface area contributed by atoms with Crippen molar-refractivity contribution in [3.63, 3.8) is 0 Å². The van der Waals surface area contributed by atoms with Gasteiger partial charge < -0.3 is 10.6 Å². The van der Waals surface area contributed by atoms with Gasteiger partial charge in [0.2, 0.25) is 0 Å². The number of nitrogens with two attached hydrogens (primary N) is 1. The van der Waals surface area contributed by atoms with Crippen LogP contribution in [0.25, 0.3) is 0 Å². The predicted molar refractivity (Wildman–Crippen MR) is 74.7 cm³/mol. The average molecular weight is 232 g/mol. The van der Waals surface area contributed by atoms with Gasteiger partial charge in [0.15, 0.2) is 0 Å². The summed E-state index contributed by atoms with van der Waals surface area (Å²) in [5.74, 6) is 0.564. The Morgan fingerprint density at radius 2 is 2.06 bits per heavy atom. The molecule has 0 amide bonds. The lowest BCUT2D eigenvalue weighted by molar-refractivity contribution is 0.524. The maximum atomic E-state index is 6.24. The highest BCUT2D eigenvalue weighted by molar-refractivity contribution is 5.61. The third-order valence-electron chi connectivity index (χ3n) is 3.71. The number of hydrogen-bond acceptors (Lipinski definition) is 2. The molecule has 1 aliphatic heterocycles. The number of nitrogens with zero attached hydrogens (tertiary/aromatic N) is 1. The predicted octanol–water partition coefficient (Wildman–Crippen LogP) is 3.05. The van der Waals surface area contributed by atoms with E-state index in [0.717, 1.165) is 19.5 Å². The van der Waals surface area contributed by atoms with Gasteiger partial charge in [-0.25, -0.2) is 0 Å². The van der Waals surface area contributed by atoms with E-state index >= 15 is 0 Å². The average Bonchev–Trinajstić information content (AvgIpc) is 2.58. The van der Waals surface area contributed by atoms with Crippen LogP contribution < -0.4 is 10.6 Å². The summed E-state index contributed by atoms with van der Waals surface area (Å²) in [6.45, 7) is 10.9. The lowest BCUT2D eigenvalue weighted by Gasteiger charge is -2.27. The van der Waals surface area contributed by atoms with Gasteiger partial charge in [-0.3, -0.25) is 0 Å². The molecule has 0 aromatic heterocycles. The van der Waals surface area contributed by atoms with Crippen LogP contribution in [0.4, 0.5) is 5.69 Å². The fourth-order valence-electron chi connectivity index (χ4n) is 2.75. The van der Waals surface area contributed by atoms with Gasteiger partial charge in [-0.2, -0.15) is 0 Å². The molecule has 0 aliphatic carbocycles. The zero-order chi connectivity index (χ0) is 12.6. The Bertz CT molecular complexity index is 407. The van der Waals surface area contributed by atoms with Crippen molar-refractivity contribution in [2.45, 2.75) is 45.6 Å². The van der Waals surface area contributed by atoms with E-state index in [1.165, 1.54) is 16.8 Å². The topological polar surface area (TPSA) is 29.3 Å². The van der Waals surface area contributed by atoms with Crippen molar-refractivity contribution >= 4 is 5.69 Å². The van der Waals surface area contributed by atoms with Crippen LogP contribution in [-0.2, 0) is 0 Å². The second kappa shape index (κ2) is 4.34. The highest BCUT2D eigenvalue weighted by Crippen LogP contribution is 2.34. The minimum atomic E-state index is -0.0312. The number of rotatable bonds is 2. The molecule has 1 fully saturated rings. The minimum Gasteiger partial charge on any atom is -0.369 e. The quantitative estimate of drug-likeness (QED) is 0.849. The number of aryl methyl sites for hydroxylation is 1. The van der Waals surface area contributed by atoms with Gasteiger partial charge >= 0.3 is 0 Å². The fraction of sp³-hybridized carbons (Fsp3) is 0.600. The molecule has 1 unspecified atom stereocenters. The third-order valence-corrected chi connectivity index (χ3v) is 3.71. The van der Waals surface area contributed by atoms with Gasteiger partial charge in [-0.1, -0.05) is 32.0 Å². The Morgan fingerprint density at radius 1 is 1.35 bits per heavy atom. The molecule has 1 aromatic carbocycles. The van der Waals surface area contributed by atoms with E-state index in [4.69, 9.17) is 5.73 Å². The summed E-state index contributed by atoms with van der Waals surface area (Å²) < 4.78 is 0. The minimum absolute atomic E-state index is 0.0312. The maximum absolute atomic E-state index is 6.24. The maximum Gasteiger partial charge on any atom is 0.0431 e. The van der Waals surface area contributed by atoms with Gasteiger partial charge in [0.05, 0.1) is 0 Å². The molecule has 2 rings (SSSR count). The summed E-state index contributed by atoms with van der Waals surface area (Å²) in [5.41, 5.74) is 10.4. The van der Waals surface area contributed by atoms with Crippen LogP contribution in [0.15, 0.2) is 18.2 Å². The zero-order valence-corrected chi connectivity index (χ0v) is 11.5. The van der Waals surface area contributed by atoms with Crippen molar-refractivity contribution in [1.82, 2.24) is 0 Å². The smallest absolute Gasteiger partial charge is 0.0431 e. The molecule has 0 spiro atoms. The Labute approximate surface area is 105 Å². The molecule has 1 aliphatic rings. The van der Waals surface area contributed by atoms with Crippen molar-refractivity contribution in [3.8, 4) is 0 Å². The second-order valence-corrected chi connectivity index (χ2v) is 5.99. The van der Waals surface area contributed by atoms with Crippen molar-refractivity contribution in [2.75, 3.05) is 18.0 Å². The van der Waals surface area contributed by atoms with Crippen LogP contribution in [0.2, 0.25) is 0 Å². The molecular weight excluding hydrogens is 208 g/mol. The summed E-state index contributed by atoms with van der Waals surface area (Å²) in [6, 6.07) is 6.61. The summed E-state index contributed by atoms with van der Waals surface area (Å²) in [6.07, 6.45) is 1.08. The molecule has 2 N–H and O–H groups in total. The van der Waals surface area contributed by atoms with Crippen molar-refractivity contribution in [1.29, 1.82) is 0 Å². The summed E-state index contributed by atoms with van der Waals surface area (Å²) in [7, 11) is 0. The second-order valence-electron chi connectivity index (χ2n) is 5.99. The normalized spacial score (nSPS) is 24.7. The molecule has 2 heteroatoms. The summed E-state index contributed by atoms with van der Waals surface area (Å²) in [4.78, 5) is 2.46. The molecule has 1 heterocycles. The van der Waals surface area contributed by atoms with Crippen molar-refractivity contribution < 1.29 is 0 Å². The molecule has 0 saturated carbocycles. The van der Waals surface area contributed by atoms with E-state index in [-0.39, 0.29) is 5.54 Å². The SMILES string of the molecule is Cc1cccc(C(C)C)c1N1CCC(C)(N)C1. The lowest BCUT2D eigenvalue weighted by Crippen LogP contribution is -2.39. The first kappa shape index (κ1) is 12.4. The first-order valence-electron chi connectivity index (χ1n) is 6.54. The highest BCUT2D eigenvalue weighted by atomic mass is 15.2. The van der Waals surface area contributed by atoms with Crippen LogP contribution in [0.3, 0.4) is 0 Å². The highest BCUT2D eigenvalue weighted by Gasteiger charge is 2.31. The van der Waals surface area contributed by atoms with Crippen LogP contribution in [-0.4, -0.2) is 18.6 Å². The molecule has 1 atom stereocenters. The van der Waals surface area contributed by atoms with E-state index < -0.39 is 0 Å². The van der Waals surface area contributed by atoms with Crippen LogP contribution in [0.5, 0.6) is 0 Å². The largest absolute Gasteiger partial charge is 0.369 e. The number of para-hydroxylation sites is 1. The monoisotopic (exact) mass is 232 g/mol. The van der Waals surface area contributed by atoms with Gasteiger partial charge in [-0.05, 0) is 37.3 Å². The molecule has 1 aromatic rings. The van der Waals surface area contributed by atoms with Crippen molar-refractivity contribution in [2.24, 2.45) is 5.73 Å². The molecule has 94 valence electrons. The standard InChI is InChI=1S/C15H24N2/c1-11(2)13-7-5-6-12(3)14(13)17-9-8-15(4,16)10-17/h5-7,11H,8-10,16H2,1-4H3. The van der Waals surface area contributed by atoms with E-state index in [9.17, 15) is 0 Å². The number of anilines is 1. The molecule has 0 bridgehead atoms. The fourth-order valence-corrected chi connectivity index (χ4v) is 2.75. The van der Waals surface area contributed by atoms with E-state index in [1.54, 1.807) is 0 Å². The summed E-state index contributed by atoms with van der Waals surface area (Å²) >= 11 is 0. The summed E-state index contributed by atoms with van der Waals surface area (Å²) in [5, 5.41) is 0. The molecular formula is C15H24N2. The molecule has 0 radical (unpaired) electrons. The first-order valence-corrected chi connectivity index (χ1v) is 6.54. The van der Waals surface area contributed by atoms with Gasteiger partial charge in [0.1, 0.15) is 0 Å². The van der Waals surface area contributed by atoms with E-state index in [2.05, 4.69) is 50.8 Å². The van der Waals surface area contributed by atoms with Gasteiger partial charge in [0.25, 0.3) is 0 Å². The Morgan fingerprint density at radius 3 is 2.59 bits per heavy atom. The van der Waals surface area contributed by atoms with Crippen LogP contribution in [0, 0.1) is 6.92 Å². The number of hydrogen-bond donors (Lipinski definition) is 1. The zero-order valence-electron chi connectivity index (χ0n) is 11.5. The molecule has 17 heavy (non-hydrogen) atoms. The Kier molecular flexibility index (Phi) is 3.17. The first-order chi connectivity index (χ1) is 7.91. The molecule has 2 nitrogen and oxygen atoms in total. The van der Waals surface area contributed by atoms with E-state index in [1.807, 2.05) is 0 Å². The Hall–Kier alpha value is -1.02. The Balaban J connectivity index is 2.38. The molecule has 1 saturated heterocycles. The van der Waals surface area contributed by atoms with Crippen LogP contribution >= 0.6 is 0 Å². The van der Waals surface area contributed by atoms with Crippen molar-refractivity contribution in [3.05, 3.63) is 29.3 Å². The lowest BCUT2D eigenvalue weighted by atomic mass is 9.97. The van der Waals surface area contributed by atoms with Gasteiger partial charge in [-0.15, -0.1) is 0 Å².